The van der Waals surface area contributed by atoms with Gasteiger partial charge in [0.2, 0.25) is 0 Å². The summed E-state index contributed by atoms with van der Waals surface area (Å²) in [7, 11) is 3.58. The molecule has 0 aromatic carbocycles. The topological polar surface area (TPSA) is 80.9 Å². The molecule has 0 heterocycles. The molecule has 0 rings (SSSR count). The summed E-state index contributed by atoms with van der Waals surface area (Å²) >= 11 is 0. The minimum atomic E-state index is -0.810. The third kappa shape index (κ3) is 4.02. The molecular weight excluding hydrogens is 174 g/mol. The highest BCUT2D eigenvalue weighted by Crippen LogP contribution is 2.07. The average molecular weight is 194 g/mol. The second-order valence-corrected chi connectivity index (χ2v) is 3.82. The number of aliphatic hydroxyl groups is 4. The van der Waals surface area contributed by atoms with Crippen molar-refractivity contribution in [3.05, 3.63) is 0 Å². The molecule has 0 bridgehead atoms. The van der Waals surface area contributed by atoms with Crippen LogP contribution < -0.4 is 0 Å². The highest BCUT2D eigenvalue weighted by atomic mass is 16.3. The van der Waals surface area contributed by atoms with Gasteiger partial charge in [0.15, 0.2) is 0 Å². The normalized spacial score (nSPS) is 15.0. The van der Waals surface area contributed by atoms with Gasteiger partial charge in [-0.15, -0.1) is 0 Å². The Morgan fingerprint density at radius 2 is 1.46 bits per heavy atom. The van der Waals surface area contributed by atoms with Gasteiger partial charge < -0.3 is 24.9 Å². The fourth-order valence-electron chi connectivity index (χ4n) is 1.25. The van der Waals surface area contributed by atoms with Gasteiger partial charge in [-0.1, -0.05) is 0 Å². The molecule has 5 heteroatoms. The van der Waals surface area contributed by atoms with Crippen molar-refractivity contribution in [1.82, 2.24) is 0 Å². The highest BCUT2D eigenvalue weighted by Gasteiger charge is 2.29. The summed E-state index contributed by atoms with van der Waals surface area (Å²) in [6.07, 6.45) is -0.810. The summed E-state index contributed by atoms with van der Waals surface area (Å²) in [6, 6.07) is -0.318. The van der Waals surface area contributed by atoms with Crippen molar-refractivity contribution in [2.75, 3.05) is 40.5 Å². The van der Waals surface area contributed by atoms with Gasteiger partial charge in [0.05, 0.1) is 33.9 Å². The van der Waals surface area contributed by atoms with Gasteiger partial charge in [-0.3, -0.25) is 0 Å². The molecule has 0 aromatic heterocycles. The predicted molar refractivity (Wildman–Crippen MR) is 48.0 cm³/mol. The SMILES string of the molecule is C[N+](C)(CC(O)CO)C(CO)CO. The van der Waals surface area contributed by atoms with Crippen molar-refractivity contribution >= 4 is 0 Å². The fraction of sp³-hybridized carbons (Fsp3) is 1.00. The molecular formula is C8H20NO4+. The standard InChI is InChI=1S/C8H20NO4/c1-9(2,3-8(13)6-12)7(4-10)5-11/h7-8,10-13H,3-6H2,1-2H3/q+1. The number of aliphatic hydroxyl groups excluding tert-OH is 4. The molecule has 0 radical (unpaired) electrons. The number of hydrogen-bond acceptors (Lipinski definition) is 4. The first-order valence-corrected chi connectivity index (χ1v) is 4.31. The van der Waals surface area contributed by atoms with Crippen LogP contribution in [0, 0.1) is 0 Å². The number of hydrogen-bond donors (Lipinski definition) is 4. The summed E-state index contributed by atoms with van der Waals surface area (Å²) in [6.45, 7) is -0.267. The Bertz CT molecular complexity index is 136. The van der Waals surface area contributed by atoms with Crippen LogP contribution >= 0.6 is 0 Å². The summed E-state index contributed by atoms with van der Waals surface area (Å²) in [5.41, 5.74) is 0. The maximum absolute atomic E-state index is 9.20. The van der Waals surface area contributed by atoms with E-state index in [1.54, 1.807) is 14.1 Å². The molecule has 4 N–H and O–H groups in total. The number of rotatable bonds is 6. The molecule has 0 saturated carbocycles. The van der Waals surface area contributed by atoms with Crippen LogP contribution in [0.5, 0.6) is 0 Å². The van der Waals surface area contributed by atoms with Gasteiger partial charge in [-0.05, 0) is 0 Å². The van der Waals surface area contributed by atoms with Crippen LogP contribution in [0.15, 0.2) is 0 Å². The average Bonchev–Trinajstić information content (AvgIpc) is 2.05. The van der Waals surface area contributed by atoms with Crippen LogP contribution in [0.25, 0.3) is 0 Å². The lowest BCUT2D eigenvalue weighted by atomic mass is 10.2. The predicted octanol–water partition coefficient (Wildman–Crippen LogP) is -2.23. The van der Waals surface area contributed by atoms with Crippen LogP contribution in [-0.4, -0.2) is 77.5 Å². The highest BCUT2D eigenvalue weighted by molar-refractivity contribution is 4.57. The van der Waals surface area contributed by atoms with Crippen molar-refractivity contribution in [1.29, 1.82) is 0 Å². The first kappa shape index (κ1) is 12.8. The first-order chi connectivity index (χ1) is 5.97. The van der Waals surface area contributed by atoms with Crippen LogP contribution in [-0.2, 0) is 0 Å². The molecule has 0 aromatic rings. The van der Waals surface area contributed by atoms with Crippen molar-refractivity contribution < 1.29 is 24.9 Å². The van der Waals surface area contributed by atoms with E-state index in [4.69, 9.17) is 15.3 Å². The van der Waals surface area contributed by atoms with E-state index in [1.807, 2.05) is 0 Å². The van der Waals surface area contributed by atoms with E-state index in [-0.39, 0.29) is 30.3 Å². The molecule has 1 atom stereocenters. The van der Waals surface area contributed by atoms with Crippen molar-refractivity contribution in [3.8, 4) is 0 Å². The quantitative estimate of drug-likeness (QED) is 0.361. The van der Waals surface area contributed by atoms with Gasteiger partial charge >= 0.3 is 0 Å². The Morgan fingerprint density at radius 1 is 1.00 bits per heavy atom. The van der Waals surface area contributed by atoms with Crippen molar-refractivity contribution in [2.24, 2.45) is 0 Å². The number of quaternary nitrogens is 1. The Hall–Kier alpha value is -0.200. The number of likely N-dealkylation sites (N-methyl/N-ethyl adjacent to an activating group) is 1. The molecule has 0 aliphatic rings. The maximum Gasteiger partial charge on any atom is 0.135 e. The monoisotopic (exact) mass is 194 g/mol. The molecule has 0 fully saturated rings. The Morgan fingerprint density at radius 3 is 1.77 bits per heavy atom. The maximum atomic E-state index is 9.20. The second kappa shape index (κ2) is 5.51. The molecule has 1 unspecified atom stereocenters. The van der Waals surface area contributed by atoms with Gasteiger partial charge in [0.25, 0.3) is 0 Å². The van der Waals surface area contributed by atoms with E-state index < -0.39 is 6.10 Å². The molecule has 13 heavy (non-hydrogen) atoms. The smallest absolute Gasteiger partial charge is 0.135 e. The zero-order chi connectivity index (χ0) is 10.5. The molecule has 0 amide bonds. The lowest BCUT2D eigenvalue weighted by Gasteiger charge is -2.37. The van der Waals surface area contributed by atoms with Gasteiger partial charge in [-0.2, -0.15) is 0 Å². The van der Waals surface area contributed by atoms with Crippen LogP contribution in [0.2, 0.25) is 0 Å². The second-order valence-electron chi connectivity index (χ2n) is 3.82. The summed E-state index contributed by atoms with van der Waals surface area (Å²) < 4.78 is 0.286. The van der Waals surface area contributed by atoms with E-state index in [2.05, 4.69) is 0 Å². The minimum absolute atomic E-state index is 0.137. The Labute approximate surface area is 78.4 Å². The summed E-state index contributed by atoms with van der Waals surface area (Å²) in [4.78, 5) is 0. The molecule has 0 spiro atoms. The van der Waals surface area contributed by atoms with E-state index in [9.17, 15) is 5.11 Å². The van der Waals surface area contributed by atoms with E-state index in [0.717, 1.165) is 0 Å². The van der Waals surface area contributed by atoms with Crippen LogP contribution in [0.4, 0.5) is 0 Å². The zero-order valence-electron chi connectivity index (χ0n) is 8.22. The van der Waals surface area contributed by atoms with Crippen LogP contribution in [0.3, 0.4) is 0 Å². The summed E-state index contributed by atoms with van der Waals surface area (Å²) in [5.74, 6) is 0. The summed E-state index contributed by atoms with van der Waals surface area (Å²) in [5, 5.41) is 35.7. The largest absolute Gasteiger partial charge is 0.393 e. The fourth-order valence-corrected chi connectivity index (χ4v) is 1.25. The molecule has 80 valence electrons. The number of nitrogens with zero attached hydrogens (tertiary/aromatic N) is 1. The van der Waals surface area contributed by atoms with E-state index in [0.29, 0.717) is 6.54 Å². The lowest BCUT2D eigenvalue weighted by Crippen LogP contribution is -2.56. The van der Waals surface area contributed by atoms with Crippen molar-refractivity contribution in [2.45, 2.75) is 12.1 Å². The lowest BCUT2D eigenvalue weighted by molar-refractivity contribution is -0.918. The molecule has 0 aliphatic heterocycles. The van der Waals surface area contributed by atoms with Gasteiger partial charge in [0.1, 0.15) is 18.7 Å². The van der Waals surface area contributed by atoms with Crippen LogP contribution in [0.1, 0.15) is 0 Å². The molecule has 5 nitrogen and oxygen atoms in total. The van der Waals surface area contributed by atoms with Gasteiger partial charge in [-0.25, -0.2) is 0 Å². The third-order valence-electron chi connectivity index (χ3n) is 2.30. The molecule has 0 aliphatic carbocycles. The molecule has 0 saturated heterocycles. The Balaban J connectivity index is 4.18. The van der Waals surface area contributed by atoms with E-state index >= 15 is 0 Å². The van der Waals surface area contributed by atoms with Gasteiger partial charge in [0, 0.05) is 0 Å². The zero-order valence-corrected chi connectivity index (χ0v) is 8.22. The first-order valence-electron chi connectivity index (χ1n) is 4.31. The minimum Gasteiger partial charge on any atom is -0.393 e. The third-order valence-corrected chi connectivity index (χ3v) is 2.30. The van der Waals surface area contributed by atoms with E-state index in [1.165, 1.54) is 0 Å². The Kier molecular flexibility index (Phi) is 5.43. The van der Waals surface area contributed by atoms with Crippen molar-refractivity contribution in [3.63, 3.8) is 0 Å².